The summed E-state index contributed by atoms with van der Waals surface area (Å²) in [5.41, 5.74) is 2.09. The third-order valence-corrected chi connectivity index (χ3v) is 5.19. The molecule has 0 bridgehead atoms. The molecule has 0 aliphatic carbocycles. The number of morpholine rings is 1. The van der Waals surface area contributed by atoms with Crippen LogP contribution in [0.25, 0.3) is 10.6 Å². The van der Waals surface area contributed by atoms with Gasteiger partial charge in [0, 0.05) is 25.5 Å². The summed E-state index contributed by atoms with van der Waals surface area (Å²) >= 11 is 1.70. The zero-order valence-corrected chi connectivity index (χ0v) is 15.5. The van der Waals surface area contributed by atoms with Crippen molar-refractivity contribution >= 4 is 23.0 Å². The van der Waals surface area contributed by atoms with E-state index in [-0.39, 0.29) is 0 Å². The number of ether oxygens (including phenoxy) is 1. The number of nitrogens with zero attached hydrogens (tertiary/aromatic N) is 4. The lowest BCUT2D eigenvalue weighted by molar-refractivity contribution is 0.0341. The molecule has 3 aromatic heterocycles. The van der Waals surface area contributed by atoms with Crippen LogP contribution in [0.2, 0.25) is 0 Å². The molecule has 3 aromatic rings. The summed E-state index contributed by atoms with van der Waals surface area (Å²) in [6.45, 7) is 6.47. The maximum Gasteiger partial charge on any atom is 0.132 e. The fraction of sp³-hybridized carbons (Fsp3) is 0.316. The highest BCUT2D eigenvalue weighted by molar-refractivity contribution is 7.15. The van der Waals surface area contributed by atoms with Gasteiger partial charge < -0.3 is 10.1 Å². The predicted octanol–water partition coefficient (Wildman–Crippen LogP) is 3.48. The molecule has 4 heterocycles. The molecule has 134 valence electrons. The van der Waals surface area contributed by atoms with Crippen molar-refractivity contribution in [2.75, 3.05) is 31.6 Å². The minimum absolute atomic E-state index is 0.781. The fourth-order valence-corrected chi connectivity index (χ4v) is 3.76. The summed E-state index contributed by atoms with van der Waals surface area (Å²) in [6, 6.07) is 9.94. The average molecular weight is 367 g/mol. The van der Waals surface area contributed by atoms with E-state index in [2.05, 4.69) is 20.2 Å². The maximum absolute atomic E-state index is 5.40. The highest BCUT2D eigenvalue weighted by Gasteiger charge is 2.14. The average Bonchev–Trinajstić information content (AvgIpc) is 3.11. The van der Waals surface area contributed by atoms with Crippen LogP contribution < -0.4 is 5.32 Å². The van der Waals surface area contributed by atoms with Gasteiger partial charge in [-0.2, -0.15) is 0 Å². The van der Waals surface area contributed by atoms with E-state index in [4.69, 9.17) is 9.72 Å². The SMILES string of the molecule is Cc1ccnc(Nc2cccc(-c3cnc(CN4CCOCC4)s3)n2)c1. The largest absolute Gasteiger partial charge is 0.379 e. The van der Waals surface area contributed by atoms with E-state index >= 15 is 0 Å². The molecule has 0 spiro atoms. The van der Waals surface area contributed by atoms with Crippen molar-refractivity contribution in [3.63, 3.8) is 0 Å². The molecule has 4 rings (SSSR count). The highest BCUT2D eigenvalue weighted by Crippen LogP contribution is 2.27. The van der Waals surface area contributed by atoms with E-state index < -0.39 is 0 Å². The van der Waals surface area contributed by atoms with Crippen LogP contribution in [0, 0.1) is 6.92 Å². The van der Waals surface area contributed by atoms with Gasteiger partial charge in [-0.05, 0) is 36.8 Å². The number of anilines is 2. The number of hydrogen-bond acceptors (Lipinski definition) is 7. The van der Waals surface area contributed by atoms with Crippen LogP contribution in [-0.4, -0.2) is 46.2 Å². The summed E-state index contributed by atoms with van der Waals surface area (Å²) in [7, 11) is 0. The normalized spacial score (nSPS) is 15.1. The lowest BCUT2D eigenvalue weighted by Crippen LogP contribution is -2.35. The molecule has 1 fully saturated rings. The Morgan fingerprint density at radius 2 is 2.04 bits per heavy atom. The van der Waals surface area contributed by atoms with Crippen LogP contribution in [-0.2, 0) is 11.3 Å². The van der Waals surface area contributed by atoms with Crippen molar-refractivity contribution in [3.8, 4) is 10.6 Å². The molecule has 1 aliphatic heterocycles. The van der Waals surface area contributed by atoms with Crippen molar-refractivity contribution < 1.29 is 4.74 Å². The second kappa shape index (κ2) is 7.90. The van der Waals surface area contributed by atoms with Gasteiger partial charge in [0.1, 0.15) is 16.6 Å². The lowest BCUT2D eigenvalue weighted by Gasteiger charge is -2.25. The molecule has 1 N–H and O–H groups in total. The molecule has 7 heteroatoms. The van der Waals surface area contributed by atoms with E-state index in [1.165, 1.54) is 0 Å². The Hall–Kier alpha value is -2.35. The molecular formula is C19H21N5OS. The summed E-state index contributed by atoms with van der Waals surface area (Å²) in [4.78, 5) is 17.1. The van der Waals surface area contributed by atoms with Gasteiger partial charge in [0.2, 0.25) is 0 Å². The quantitative estimate of drug-likeness (QED) is 0.745. The Morgan fingerprint density at radius 1 is 1.15 bits per heavy atom. The van der Waals surface area contributed by atoms with Crippen molar-refractivity contribution in [1.82, 2.24) is 19.9 Å². The van der Waals surface area contributed by atoms with Gasteiger partial charge in [0.05, 0.1) is 30.3 Å². The van der Waals surface area contributed by atoms with Crippen LogP contribution >= 0.6 is 11.3 Å². The first-order valence-electron chi connectivity index (χ1n) is 8.68. The Kier molecular flexibility index (Phi) is 5.19. The number of rotatable bonds is 5. The second-order valence-electron chi connectivity index (χ2n) is 6.26. The molecule has 0 saturated carbocycles. The standard InChI is InChI=1S/C19H21N5OS/c1-14-5-6-20-18(11-14)23-17-4-2-3-15(22-17)16-12-21-19(26-16)13-24-7-9-25-10-8-24/h2-6,11-12H,7-10,13H2,1H3,(H,20,22,23). The van der Waals surface area contributed by atoms with E-state index in [1.807, 2.05) is 43.5 Å². The van der Waals surface area contributed by atoms with E-state index in [0.29, 0.717) is 0 Å². The number of pyridine rings is 2. The molecule has 0 amide bonds. The second-order valence-corrected chi connectivity index (χ2v) is 7.37. The molecule has 0 atom stereocenters. The monoisotopic (exact) mass is 367 g/mol. The van der Waals surface area contributed by atoms with Gasteiger partial charge in [-0.1, -0.05) is 6.07 Å². The smallest absolute Gasteiger partial charge is 0.132 e. The van der Waals surface area contributed by atoms with Crippen LogP contribution in [0.3, 0.4) is 0 Å². The number of hydrogen-bond donors (Lipinski definition) is 1. The third-order valence-electron chi connectivity index (χ3n) is 4.19. The first-order chi connectivity index (χ1) is 12.8. The van der Waals surface area contributed by atoms with Gasteiger partial charge in [-0.15, -0.1) is 11.3 Å². The van der Waals surface area contributed by atoms with Gasteiger partial charge in [-0.3, -0.25) is 4.90 Å². The van der Waals surface area contributed by atoms with Crippen LogP contribution in [0.5, 0.6) is 0 Å². The maximum atomic E-state index is 5.40. The molecule has 0 unspecified atom stereocenters. The van der Waals surface area contributed by atoms with Gasteiger partial charge >= 0.3 is 0 Å². The molecular weight excluding hydrogens is 346 g/mol. The molecule has 1 saturated heterocycles. The number of thiazole rings is 1. The zero-order chi connectivity index (χ0) is 17.8. The summed E-state index contributed by atoms with van der Waals surface area (Å²) < 4.78 is 5.40. The van der Waals surface area contributed by atoms with Gasteiger partial charge in [0.15, 0.2) is 0 Å². The molecule has 1 aliphatic rings. The first kappa shape index (κ1) is 17.1. The molecule has 0 radical (unpaired) electrons. The number of aryl methyl sites for hydroxylation is 1. The topological polar surface area (TPSA) is 63.2 Å². The molecule has 0 aromatic carbocycles. The van der Waals surface area contributed by atoms with Crippen molar-refractivity contribution in [3.05, 3.63) is 53.3 Å². The summed E-state index contributed by atoms with van der Waals surface area (Å²) in [6.07, 6.45) is 3.71. The van der Waals surface area contributed by atoms with Crippen molar-refractivity contribution in [1.29, 1.82) is 0 Å². The first-order valence-corrected chi connectivity index (χ1v) is 9.50. The number of aromatic nitrogens is 3. The Labute approximate surface area is 156 Å². The van der Waals surface area contributed by atoms with Crippen molar-refractivity contribution in [2.24, 2.45) is 0 Å². The van der Waals surface area contributed by atoms with Gasteiger partial charge in [0.25, 0.3) is 0 Å². The summed E-state index contributed by atoms with van der Waals surface area (Å²) in [5.74, 6) is 1.58. The summed E-state index contributed by atoms with van der Waals surface area (Å²) in [5, 5.41) is 4.38. The molecule has 6 nitrogen and oxygen atoms in total. The van der Waals surface area contributed by atoms with E-state index in [1.54, 1.807) is 17.5 Å². The zero-order valence-electron chi connectivity index (χ0n) is 14.7. The van der Waals surface area contributed by atoms with Crippen LogP contribution in [0.4, 0.5) is 11.6 Å². The number of nitrogens with one attached hydrogen (secondary N) is 1. The molecule has 26 heavy (non-hydrogen) atoms. The van der Waals surface area contributed by atoms with Crippen LogP contribution in [0.15, 0.2) is 42.7 Å². The Balaban J connectivity index is 1.47. The fourth-order valence-electron chi connectivity index (χ4n) is 2.83. The van der Waals surface area contributed by atoms with Crippen molar-refractivity contribution in [2.45, 2.75) is 13.5 Å². The minimum atomic E-state index is 0.781. The Bertz CT molecular complexity index is 876. The minimum Gasteiger partial charge on any atom is -0.379 e. The van der Waals surface area contributed by atoms with Gasteiger partial charge in [-0.25, -0.2) is 15.0 Å². The van der Waals surface area contributed by atoms with E-state index in [0.717, 1.165) is 65.6 Å². The highest BCUT2D eigenvalue weighted by atomic mass is 32.1. The third kappa shape index (κ3) is 4.24. The predicted molar refractivity (Wildman–Crippen MR) is 104 cm³/mol. The lowest BCUT2D eigenvalue weighted by atomic mass is 10.3. The Morgan fingerprint density at radius 3 is 2.88 bits per heavy atom. The van der Waals surface area contributed by atoms with E-state index in [9.17, 15) is 0 Å². The van der Waals surface area contributed by atoms with Crippen LogP contribution in [0.1, 0.15) is 10.6 Å².